The number of carbonyl (C=O) groups excluding carboxylic acids is 4. The smallest absolute Gasteiger partial charge is 0.294 e. The Balaban J connectivity index is 1.43. The van der Waals surface area contributed by atoms with E-state index in [-0.39, 0.29) is 46.9 Å². The number of likely N-dealkylation sites (tertiary alicyclic amines) is 1. The summed E-state index contributed by atoms with van der Waals surface area (Å²) in [6, 6.07) is 8.24. The minimum atomic E-state index is -0.629. The van der Waals surface area contributed by atoms with Gasteiger partial charge in [-0.3, -0.25) is 19.2 Å². The number of aromatic nitrogens is 1. The van der Waals surface area contributed by atoms with Crippen LogP contribution in [0.4, 0.5) is 11.5 Å². The third-order valence-electron chi connectivity index (χ3n) is 7.39. The predicted octanol–water partition coefficient (Wildman–Crippen LogP) is 4.56. The van der Waals surface area contributed by atoms with Crippen LogP contribution in [0, 0.1) is 5.92 Å². The Morgan fingerprint density at radius 3 is 2.49 bits per heavy atom. The van der Waals surface area contributed by atoms with E-state index >= 15 is 0 Å². The van der Waals surface area contributed by atoms with Crippen molar-refractivity contribution in [3.05, 3.63) is 52.9 Å². The van der Waals surface area contributed by atoms with Crippen LogP contribution in [-0.2, 0) is 9.59 Å². The number of halogens is 1. The number of nitrogens with zero attached hydrogens (tertiary/aromatic N) is 3. The van der Waals surface area contributed by atoms with Gasteiger partial charge in [0, 0.05) is 45.2 Å². The topological polar surface area (TPSA) is 125 Å². The fourth-order valence-corrected chi connectivity index (χ4v) is 5.51. The Morgan fingerprint density at radius 1 is 1.08 bits per heavy atom. The van der Waals surface area contributed by atoms with Crippen molar-refractivity contribution in [2.24, 2.45) is 5.92 Å². The average molecular weight is 552 g/mol. The van der Waals surface area contributed by atoms with Crippen LogP contribution in [0.25, 0.3) is 11.0 Å². The molecular formula is C28H30ClN5O5. The van der Waals surface area contributed by atoms with Crippen LogP contribution >= 0.6 is 11.6 Å². The molecule has 0 unspecified atom stereocenters. The van der Waals surface area contributed by atoms with E-state index in [4.69, 9.17) is 16.0 Å². The first-order chi connectivity index (χ1) is 18.7. The second-order valence-electron chi connectivity index (χ2n) is 10.2. The van der Waals surface area contributed by atoms with Gasteiger partial charge in [-0.15, -0.1) is 0 Å². The van der Waals surface area contributed by atoms with Crippen LogP contribution < -0.4 is 10.6 Å². The molecule has 2 aliphatic rings. The zero-order valence-electron chi connectivity index (χ0n) is 21.8. The number of pyridine rings is 1. The monoisotopic (exact) mass is 551 g/mol. The summed E-state index contributed by atoms with van der Waals surface area (Å²) in [5.74, 6) is -1.16. The molecule has 2 aromatic heterocycles. The summed E-state index contributed by atoms with van der Waals surface area (Å²) in [6.45, 7) is 0.783. The Labute approximate surface area is 230 Å². The second kappa shape index (κ2) is 11.1. The first-order valence-electron chi connectivity index (χ1n) is 13.0. The molecule has 3 heterocycles. The SMILES string of the molecule is CN(C)C(=O)c1cccc2oc(C(=O)Nc3ccc(Cl)cn3)c(NC(=O)C3CCC(N4CCCC4=O)CC3)c12. The zero-order chi connectivity index (χ0) is 27.7. The molecule has 2 fully saturated rings. The lowest BCUT2D eigenvalue weighted by Gasteiger charge is -2.34. The number of amides is 4. The van der Waals surface area contributed by atoms with Crippen LogP contribution in [0.1, 0.15) is 59.4 Å². The van der Waals surface area contributed by atoms with E-state index in [1.54, 1.807) is 44.4 Å². The number of benzene rings is 1. The Hall–Kier alpha value is -3.92. The van der Waals surface area contributed by atoms with Gasteiger partial charge in [0.05, 0.1) is 16.0 Å². The number of hydrogen-bond acceptors (Lipinski definition) is 6. The maximum absolute atomic E-state index is 13.5. The lowest BCUT2D eigenvalue weighted by Crippen LogP contribution is -2.40. The highest BCUT2D eigenvalue weighted by molar-refractivity contribution is 6.30. The van der Waals surface area contributed by atoms with Crippen molar-refractivity contribution in [3.63, 3.8) is 0 Å². The fraction of sp³-hybridized carbons (Fsp3) is 0.393. The molecular weight excluding hydrogens is 522 g/mol. The third kappa shape index (κ3) is 5.47. The number of nitrogens with one attached hydrogen (secondary N) is 2. The highest BCUT2D eigenvalue weighted by Crippen LogP contribution is 2.37. The first kappa shape index (κ1) is 26.7. The van der Waals surface area contributed by atoms with Crippen molar-refractivity contribution in [2.75, 3.05) is 31.3 Å². The molecule has 3 aromatic rings. The van der Waals surface area contributed by atoms with E-state index in [1.807, 2.05) is 4.90 Å². The van der Waals surface area contributed by atoms with E-state index in [2.05, 4.69) is 15.6 Å². The quantitative estimate of drug-likeness (QED) is 0.463. The molecule has 39 heavy (non-hydrogen) atoms. The van der Waals surface area contributed by atoms with Crippen LogP contribution in [0.3, 0.4) is 0 Å². The fourth-order valence-electron chi connectivity index (χ4n) is 5.40. The van der Waals surface area contributed by atoms with Crippen molar-refractivity contribution in [1.29, 1.82) is 0 Å². The van der Waals surface area contributed by atoms with Crippen LogP contribution in [-0.4, -0.2) is 65.1 Å². The van der Waals surface area contributed by atoms with Gasteiger partial charge in [0.1, 0.15) is 17.1 Å². The summed E-state index contributed by atoms with van der Waals surface area (Å²) in [7, 11) is 3.26. The minimum Gasteiger partial charge on any atom is -0.449 e. The van der Waals surface area contributed by atoms with Crippen molar-refractivity contribution < 1.29 is 23.6 Å². The first-order valence-corrected chi connectivity index (χ1v) is 13.4. The average Bonchev–Trinajstić information content (AvgIpc) is 3.53. The Bertz CT molecular complexity index is 1430. The van der Waals surface area contributed by atoms with Gasteiger partial charge in [0.15, 0.2) is 0 Å². The molecule has 0 spiro atoms. The molecule has 0 radical (unpaired) electrons. The van der Waals surface area contributed by atoms with Crippen LogP contribution in [0.15, 0.2) is 40.9 Å². The summed E-state index contributed by atoms with van der Waals surface area (Å²) in [5, 5.41) is 6.36. The van der Waals surface area contributed by atoms with Gasteiger partial charge < -0.3 is 24.9 Å². The minimum absolute atomic E-state index is 0.134. The van der Waals surface area contributed by atoms with Crippen molar-refractivity contribution in [2.45, 2.75) is 44.6 Å². The molecule has 1 saturated heterocycles. The van der Waals surface area contributed by atoms with E-state index in [0.29, 0.717) is 40.8 Å². The summed E-state index contributed by atoms with van der Waals surface area (Å²) in [6.07, 6.45) is 5.62. The molecule has 1 aromatic carbocycles. The summed E-state index contributed by atoms with van der Waals surface area (Å²) < 4.78 is 5.92. The number of fused-ring (bicyclic) bond motifs is 1. The molecule has 1 aliphatic heterocycles. The molecule has 1 saturated carbocycles. The maximum Gasteiger partial charge on any atom is 0.294 e. The Morgan fingerprint density at radius 2 is 1.85 bits per heavy atom. The molecule has 0 atom stereocenters. The Kier molecular flexibility index (Phi) is 7.56. The largest absolute Gasteiger partial charge is 0.449 e. The summed E-state index contributed by atoms with van der Waals surface area (Å²) in [4.78, 5) is 59.5. The number of rotatable bonds is 6. The van der Waals surface area contributed by atoms with Crippen molar-refractivity contribution in [1.82, 2.24) is 14.8 Å². The van der Waals surface area contributed by atoms with Gasteiger partial charge in [-0.2, -0.15) is 0 Å². The van der Waals surface area contributed by atoms with Crippen molar-refractivity contribution >= 4 is 57.7 Å². The summed E-state index contributed by atoms with van der Waals surface area (Å²) in [5.41, 5.74) is 0.740. The van der Waals surface area contributed by atoms with Crippen molar-refractivity contribution in [3.8, 4) is 0 Å². The standard InChI is InChI=1S/C28H30ClN5O5/c1-33(2)28(38)19-5-3-6-20-23(19)24(25(39-20)27(37)31-21-13-10-17(29)15-30-21)32-26(36)16-8-11-18(12-9-16)34-14-4-7-22(34)35/h3,5-6,10,13,15-16,18H,4,7-9,11-12,14H2,1-2H3,(H,32,36)(H,30,31,37). The van der Waals surface area contributed by atoms with Gasteiger partial charge >= 0.3 is 0 Å². The third-order valence-corrected chi connectivity index (χ3v) is 7.62. The van der Waals surface area contributed by atoms with E-state index in [1.165, 1.54) is 11.1 Å². The molecule has 11 heteroatoms. The summed E-state index contributed by atoms with van der Waals surface area (Å²) >= 11 is 5.90. The normalized spacial score (nSPS) is 19.3. The molecule has 204 valence electrons. The molecule has 0 bridgehead atoms. The molecule has 10 nitrogen and oxygen atoms in total. The molecule has 5 rings (SSSR count). The number of furan rings is 1. The molecule has 1 aliphatic carbocycles. The van der Waals surface area contributed by atoms with Gasteiger partial charge in [-0.05, 0) is 56.4 Å². The van der Waals surface area contributed by atoms with Gasteiger partial charge in [0.25, 0.3) is 11.8 Å². The number of carbonyl (C=O) groups is 4. The lowest BCUT2D eigenvalue weighted by molar-refractivity contribution is -0.130. The second-order valence-corrected chi connectivity index (χ2v) is 10.6. The predicted molar refractivity (Wildman–Crippen MR) is 147 cm³/mol. The van der Waals surface area contributed by atoms with Gasteiger partial charge in [-0.1, -0.05) is 17.7 Å². The van der Waals surface area contributed by atoms with E-state index in [9.17, 15) is 19.2 Å². The van der Waals surface area contributed by atoms with E-state index in [0.717, 1.165) is 25.8 Å². The highest BCUT2D eigenvalue weighted by atomic mass is 35.5. The van der Waals surface area contributed by atoms with E-state index < -0.39 is 5.91 Å². The molecule has 2 N–H and O–H groups in total. The molecule has 4 amide bonds. The van der Waals surface area contributed by atoms with Gasteiger partial charge in [-0.25, -0.2) is 4.98 Å². The van der Waals surface area contributed by atoms with Crippen LogP contribution in [0.2, 0.25) is 5.02 Å². The zero-order valence-corrected chi connectivity index (χ0v) is 22.6. The maximum atomic E-state index is 13.5. The van der Waals surface area contributed by atoms with Crippen LogP contribution in [0.5, 0.6) is 0 Å². The lowest BCUT2D eigenvalue weighted by atomic mass is 9.84. The number of hydrogen-bond donors (Lipinski definition) is 2. The highest BCUT2D eigenvalue weighted by Gasteiger charge is 2.35. The van der Waals surface area contributed by atoms with Gasteiger partial charge in [0.2, 0.25) is 17.6 Å². The number of anilines is 2.